The lowest BCUT2D eigenvalue weighted by Crippen LogP contribution is -2.45. The summed E-state index contributed by atoms with van der Waals surface area (Å²) in [5.41, 5.74) is -0.574. The molecular formula is C12H15NO2. The van der Waals surface area contributed by atoms with Crippen molar-refractivity contribution in [3.63, 3.8) is 0 Å². The number of para-hydroxylation sites is 1. The molecule has 1 heterocycles. The normalized spacial score (nSPS) is 24.9. The number of benzene rings is 1. The predicted octanol–water partition coefficient (Wildman–Crippen LogP) is 1.87. The Morgan fingerprint density at radius 1 is 1.27 bits per heavy atom. The third kappa shape index (κ3) is 1.20. The van der Waals surface area contributed by atoms with Gasteiger partial charge in [0.05, 0.1) is 0 Å². The molecule has 1 amide bonds. The summed E-state index contributed by atoms with van der Waals surface area (Å²) in [4.78, 5) is 11.8. The molecule has 2 rings (SSSR count). The zero-order chi connectivity index (χ0) is 11.3. The molecule has 3 heteroatoms. The van der Waals surface area contributed by atoms with Crippen LogP contribution in [0, 0.1) is 5.41 Å². The van der Waals surface area contributed by atoms with Gasteiger partial charge in [0.25, 0.3) is 5.91 Å². The number of amides is 1. The number of anilines is 1. The summed E-state index contributed by atoms with van der Waals surface area (Å²) in [6.45, 7) is 5.57. The van der Waals surface area contributed by atoms with Gasteiger partial charge in [-0.1, -0.05) is 39.0 Å². The van der Waals surface area contributed by atoms with E-state index in [2.05, 4.69) is 5.32 Å². The number of aliphatic hydroxyl groups is 1. The standard InChI is InChI=1S/C12H15NO2/c1-11(2,3)12(15)8-6-4-5-7-9(8)13-10(12)14/h4-7,15H,1-3H3,(H,13,14)/t12-/m0/s1. The molecule has 0 spiro atoms. The van der Waals surface area contributed by atoms with Crippen LogP contribution in [0.1, 0.15) is 26.3 Å². The maximum absolute atomic E-state index is 11.8. The molecule has 1 aromatic carbocycles. The summed E-state index contributed by atoms with van der Waals surface area (Å²) >= 11 is 0. The van der Waals surface area contributed by atoms with Crippen LogP contribution in [-0.4, -0.2) is 11.0 Å². The average Bonchev–Trinajstić information content (AvgIpc) is 2.40. The Kier molecular flexibility index (Phi) is 1.92. The Balaban J connectivity index is 2.65. The summed E-state index contributed by atoms with van der Waals surface area (Å²) in [7, 11) is 0. The van der Waals surface area contributed by atoms with Gasteiger partial charge in [0, 0.05) is 16.7 Å². The molecule has 0 aromatic heterocycles. The summed E-state index contributed by atoms with van der Waals surface area (Å²) in [5, 5.41) is 13.2. The minimum Gasteiger partial charge on any atom is -0.375 e. The van der Waals surface area contributed by atoms with Crippen molar-refractivity contribution >= 4 is 11.6 Å². The van der Waals surface area contributed by atoms with Crippen LogP contribution in [0.5, 0.6) is 0 Å². The Morgan fingerprint density at radius 3 is 2.47 bits per heavy atom. The van der Waals surface area contributed by atoms with E-state index >= 15 is 0 Å². The van der Waals surface area contributed by atoms with Crippen LogP contribution in [0.25, 0.3) is 0 Å². The minimum absolute atomic E-state index is 0.337. The number of carbonyl (C=O) groups is 1. The van der Waals surface area contributed by atoms with E-state index in [0.717, 1.165) is 0 Å². The molecular weight excluding hydrogens is 190 g/mol. The van der Waals surface area contributed by atoms with Gasteiger partial charge in [0.2, 0.25) is 0 Å². The van der Waals surface area contributed by atoms with E-state index in [0.29, 0.717) is 11.3 Å². The Bertz CT molecular complexity index is 420. The molecule has 0 saturated carbocycles. The zero-order valence-electron chi connectivity index (χ0n) is 9.16. The molecule has 1 atom stereocenters. The second kappa shape index (κ2) is 2.83. The van der Waals surface area contributed by atoms with Gasteiger partial charge in [-0.15, -0.1) is 0 Å². The Hall–Kier alpha value is -1.35. The summed E-state index contributed by atoms with van der Waals surface area (Å²) in [6.07, 6.45) is 0. The second-order valence-corrected chi connectivity index (χ2v) is 4.96. The molecule has 0 radical (unpaired) electrons. The van der Waals surface area contributed by atoms with Crippen LogP contribution >= 0.6 is 0 Å². The number of hydrogen-bond acceptors (Lipinski definition) is 2. The maximum atomic E-state index is 11.8. The van der Waals surface area contributed by atoms with Gasteiger partial charge >= 0.3 is 0 Å². The lowest BCUT2D eigenvalue weighted by molar-refractivity contribution is -0.146. The van der Waals surface area contributed by atoms with Gasteiger partial charge in [-0.25, -0.2) is 0 Å². The van der Waals surface area contributed by atoms with E-state index in [-0.39, 0.29) is 5.91 Å². The van der Waals surface area contributed by atoms with Gasteiger partial charge in [-0.05, 0) is 6.07 Å². The molecule has 0 unspecified atom stereocenters. The second-order valence-electron chi connectivity index (χ2n) is 4.96. The lowest BCUT2D eigenvalue weighted by Gasteiger charge is -2.34. The quantitative estimate of drug-likeness (QED) is 0.679. The van der Waals surface area contributed by atoms with Gasteiger partial charge < -0.3 is 10.4 Å². The molecule has 1 aliphatic rings. The zero-order valence-corrected chi connectivity index (χ0v) is 9.16. The third-order valence-corrected chi connectivity index (χ3v) is 2.98. The van der Waals surface area contributed by atoms with Crippen molar-refractivity contribution in [1.82, 2.24) is 0 Å². The van der Waals surface area contributed by atoms with Crippen LogP contribution in [-0.2, 0) is 10.4 Å². The lowest BCUT2D eigenvalue weighted by atomic mass is 9.73. The smallest absolute Gasteiger partial charge is 0.261 e. The van der Waals surface area contributed by atoms with Gasteiger partial charge in [0.15, 0.2) is 5.60 Å². The number of hydrogen-bond donors (Lipinski definition) is 2. The first kappa shape index (κ1) is 10.2. The molecule has 2 N–H and O–H groups in total. The molecule has 1 aliphatic heterocycles. The van der Waals surface area contributed by atoms with E-state index in [1.165, 1.54) is 0 Å². The van der Waals surface area contributed by atoms with E-state index in [4.69, 9.17) is 0 Å². The molecule has 0 aliphatic carbocycles. The van der Waals surface area contributed by atoms with E-state index < -0.39 is 11.0 Å². The molecule has 3 nitrogen and oxygen atoms in total. The summed E-state index contributed by atoms with van der Waals surface area (Å²) in [5.74, 6) is -0.337. The predicted molar refractivity (Wildman–Crippen MR) is 58.4 cm³/mol. The SMILES string of the molecule is CC(C)(C)[C@@]1(O)C(=O)Nc2ccccc21. The Morgan fingerprint density at radius 2 is 1.87 bits per heavy atom. The molecule has 15 heavy (non-hydrogen) atoms. The summed E-state index contributed by atoms with van der Waals surface area (Å²) in [6, 6.07) is 7.26. The topological polar surface area (TPSA) is 49.3 Å². The van der Waals surface area contributed by atoms with Crippen LogP contribution in [0.2, 0.25) is 0 Å². The van der Waals surface area contributed by atoms with Gasteiger partial charge in [-0.3, -0.25) is 4.79 Å². The van der Waals surface area contributed by atoms with Crippen molar-refractivity contribution in [2.75, 3.05) is 5.32 Å². The first-order chi connectivity index (χ1) is 6.87. The molecule has 1 aromatic rings. The molecule has 0 saturated heterocycles. The van der Waals surface area contributed by atoms with Crippen LogP contribution < -0.4 is 5.32 Å². The number of rotatable bonds is 0. The highest BCUT2D eigenvalue weighted by molar-refractivity contribution is 6.05. The first-order valence-electron chi connectivity index (χ1n) is 5.01. The monoisotopic (exact) mass is 205 g/mol. The van der Waals surface area contributed by atoms with Crippen molar-refractivity contribution in [3.05, 3.63) is 29.8 Å². The van der Waals surface area contributed by atoms with Crippen LogP contribution in [0.15, 0.2) is 24.3 Å². The van der Waals surface area contributed by atoms with Crippen LogP contribution in [0.3, 0.4) is 0 Å². The van der Waals surface area contributed by atoms with E-state index in [9.17, 15) is 9.90 Å². The fourth-order valence-corrected chi connectivity index (χ4v) is 1.99. The number of nitrogens with one attached hydrogen (secondary N) is 1. The number of fused-ring (bicyclic) bond motifs is 1. The average molecular weight is 205 g/mol. The molecule has 0 bridgehead atoms. The van der Waals surface area contributed by atoms with Gasteiger partial charge in [-0.2, -0.15) is 0 Å². The fraction of sp³-hybridized carbons (Fsp3) is 0.417. The highest BCUT2D eigenvalue weighted by atomic mass is 16.3. The van der Waals surface area contributed by atoms with Crippen LogP contribution in [0.4, 0.5) is 5.69 Å². The fourth-order valence-electron chi connectivity index (χ4n) is 1.99. The third-order valence-electron chi connectivity index (χ3n) is 2.98. The van der Waals surface area contributed by atoms with E-state index in [1.54, 1.807) is 12.1 Å². The molecule has 0 fully saturated rings. The van der Waals surface area contributed by atoms with Crippen molar-refractivity contribution in [2.45, 2.75) is 26.4 Å². The number of carbonyl (C=O) groups excluding carboxylic acids is 1. The highest BCUT2D eigenvalue weighted by Crippen LogP contribution is 2.46. The van der Waals surface area contributed by atoms with Crippen molar-refractivity contribution in [1.29, 1.82) is 0 Å². The van der Waals surface area contributed by atoms with Crippen molar-refractivity contribution < 1.29 is 9.90 Å². The minimum atomic E-state index is -1.43. The Labute approximate surface area is 89.1 Å². The van der Waals surface area contributed by atoms with Crippen molar-refractivity contribution in [3.8, 4) is 0 Å². The largest absolute Gasteiger partial charge is 0.375 e. The molecule has 80 valence electrons. The maximum Gasteiger partial charge on any atom is 0.261 e. The van der Waals surface area contributed by atoms with Gasteiger partial charge in [0.1, 0.15) is 0 Å². The highest BCUT2D eigenvalue weighted by Gasteiger charge is 2.53. The van der Waals surface area contributed by atoms with Crippen molar-refractivity contribution in [2.24, 2.45) is 5.41 Å². The van der Waals surface area contributed by atoms with E-state index in [1.807, 2.05) is 32.9 Å². The summed E-state index contributed by atoms with van der Waals surface area (Å²) < 4.78 is 0. The first-order valence-corrected chi connectivity index (χ1v) is 5.01.